The molecule has 16 heavy (non-hydrogen) atoms. The lowest BCUT2D eigenvalue weighted by Gasteiger charge is -2.28. The van der Waals surface area contributed by atoms with E-state index >= 15 is 0 Å². The quantitative estimate of drug-likeness (QED) is 0.751. The van der Waals surface area contributed by atoms with Crippen molar-refractivity contribution in [2.45, 2.75) is 36.6 Å². The van der Waals surface area contributed by atoms with Gasteiger partial charge in [-0.2, -0.15) is 0 Å². The largest absolute Gasteiger partial charge is 0.444 e. The number of carbonyl (C=O) groups is 1. The van der Waals surface area contributed by atoms with Gasteiger partial charge in [0.2, 0.25) is 0 Å². The van der Waals surface area contributed by atoms with Gasteiger partial charge in [0, 0.05) is 6.61 Å². The molecule has 1 amide bonds. The van der Waals surface area contributed by atoms with Gasteiger partial charge in [0.15, 0.2) is 0 Å². The topological polar surface area (TPSA) is 72.6 Å². The van der Waals surface area contributed by atoms with E-state index in [0.717, 1.165) is 0 Å². The van der Waals surface area contributed by atoms with Crippen LogP contribution in [0.4, 0.5) is 4.79 Å². The van der Waals surface area contributed by atoms with Crippen molar-refractivity contribution in [3.63, 3.8) is 0 Å². The Labute approximate surface area is 105 Å². The number of ether oxygens (including phenoxy) is 1. The fourth-order valence-corrected chi connectivity index (χ4v) is 2.71. The first-order valence-corrected chi connectivity index (χ1v) is 5.91. The van der Waals surface area contributed by atoms with Gasteiger partial charge in [-0.15, -0.1) is 23.2 Å². The van der Waals surface area contributed by atoms with Crippen LogP contribution in [0.3, 0.4) is 0 Å². The number of aliphatic hydroxyl groups is 1. The third-order valence-electron chi connectivity index (χ3n) is 2.81. The molecule has 3 N–H and O–H groups in total. The standard InChI is InChI=1S/C10H17Cl2NO3/c1-9(2,16-8(13)15)3-6(5-14)7-4-10(7,11)12/h6-7,14H,3-5H2,1-2H3,(H2,13,15)/t6?,7-/m1/s1. The van der Waals surface area contributed by atoms with Crippen LogP contribution in [-0.4, -0.2) is 27.7 Å². The van der Waals surface area contributed by atoms with Crippen LogP contribution in [0.25, 0.3) is 0 Å². The van der Waals surface area contributed by atoms with E-state index in [1.807, 2.05) is 0 Å². The Morgan fingerprint density at radius 2 is 2.19 bits per heavy atom. The lowest BCUT2D eigenvalue weighted by atomic mass is 9.90. The molecular formula is C10H17Cl2NO3. The number of aliphatic hydroxyl groups excluding tert-OH is 1. The van der Waals surface area contributed by atoms with Crippen LogP contribution < -0.4 is 5.73 Å². The van der Waals surface area contributed by atoms with Gasteiger partial charge in [0.1, 0.15) is 9.93 Å². The van der Waals surface area contributed by atoms with Crippen molar-refractivity contribution in [3.8, 4) is 0 Å². The van der Waals surface area contributed by atoms with E-state index in [-0.39, 0.29) is 18.4 Å². The number of amides is 1. The average molecular weight is 270 g/mol. The molecule has 4 nitrogen and oxygen atoms in total. The zero-order valence-corrected chi connectivity index (χ0v) is 10.9. The summed E-state index contributed by atoms with van der Waals surface area (Å²) in [5.41, 5.74) is 4.25. The molecule has 0 aromatic heterocycles. The van der Waals surface area contributed by atoms with Gasteiger partial charge in [0.25, 0.3) is 0 Å². The second kappa shape index (κ2) is 4.59. The Morgan fingerprint density at radius 3 is 2.50 bits per heavy atom. The molecular weight excluding hydrogens is 253 g/mol. The summed E-state index contributed by atoms with van der Waals surface area (Å²) < 4.78 is 4.22. The number of hydrogen-bond acceptors (Lipinski definition) is 3. The maximum absolute atomic E-state index is 10.7. The van der Waals surface area contributed by atoms with Crippen molar-refractivity contribution >= 4 is 29.3 Å². The van der Waals surface area contributed by atoms with Crippen LogP contribution >= 0.6 is 23.2 Å². The molecule has 1 rings (SSSR count). The number of carbonyl (C=O) groups excluding carboxylic acids is 1. The maximum atomic E-state index is 10.7. The first-order valence-electron chi connectivity index (χ1n) is 5.15. The fourth-order valence-electron chi connectivity index (χ4n) is 2.03. The van der Waals surface area contributed by atoms with Gasteiger partial charge in [-0.25, -0.2) is 4.79 Å². The second-order valence-electron chi connectivity index (χ2n) is 4.90. The van der Waals surface area contributed by atoms with Crippen LogP contribution in [0.15, 0.2) is 0 Å². The number of alkyl halides is 2. The summed E-state index contributed by atoms with van der Waals surface area (Å²) in [7, 11) is 0. The number of primary amides is 1. The van der Waals surface area contributed by atoms with E-state index in [2.05, 4.69) is 0 Å². The van der Waals surface area contributed by atoms with Crippen LogP contribution in [0, 0.1) is 11.8 Å². The summed E-state index contributed by atoms with van der Waals surface area (Å²) in [6.45, 7) is 3.46. The summed E-state index contributed by atoms with van der Waals surface area (Å²) in [6.07, 6.45) is 0.326. The minimum absolute atomic E-state index is 0.0303. The number of nitrogens with two attached hydrogens (primary N) is 1. The van der Waals surface area contributed by atoms with Crippen molar-refractivity contribution in [3.05, 3.63) is 0 Å². The number of hydrogen-bond donors (Lipinski definition) is 2. The Bertz CT molecular complexity index is 281. The Morgan fingerprint density at radius 1 is 1.69 bits per heavy atom. The van der Waals surface area contributed by atoms with Crippen LogP contribution in [0.5, 0.6) is 0 Å². The normalized spacial score (nSPS) is 24.9. The van der Waals surface area contributed by atoms with E-state index in [0.29, 0.717) is 12.8 Å². The Hall–Kier alpha value is -0.190. The highest BCUT2D eigenvalue weighted by molar-refractivity contribution is 6.50. The van der Waals surface area contributed by atoms with Gasteiger partial charge in [-0.3, -0.25) is 0 Å². The fraction of sp³-hybridized carbons (Fsp3) is 0.900. The van der Waals surface area contributed by atoms with Crippen molar-refractivity contribution in [2.75, 3.05) is 6.61 Å². The highest BCUT2D eigenvalue weighted by Gasteiger charge is 2.56. The summed E-state index contributed by atoms with van der Waals surface area (Å²) in [5.74, 6) is -0.0269. The Balaban J connectivity index is 2.53. The lowest BCUT2D eigenvalue weighted by molar-refractivity contribution is 0.0147. The molecule has 6 heteroatoms. The molecule has 0 saturated heterocycles. The minimum Gasteiger partial charge on any atom is -0.444 e. The van der Waals surface area contributed by atoms with E-state index in [9.17, 15) is 9.90 Å². The molecule has 0 heterocycles. The van der Waals surface area contributed by atoms with E-state index < -0.39 is 16.0 Å². The molecule has 0 aromatic carbocycles. The van der Waals surface area contributed by atoms with E-state index in [1.54, 1.807) is 13.8 Å². The Kier molecular flexibility index (Phi) is 3.98. The highest BCUT2D eigenvalue weighted by atomic mass is 35.5. The van der Waals surface area contributed by atoms with Gasteiger partial charge in [-0.05, 0) is 38.5 Å². The molecule has 0 bridgehead atoms. The molecule has 1 unspecified atom stereocenters. The molecule has 0 radical (unpaired) electrons. The highest BCUT2D eigenvalue weighted by Crippen LogP contribution is 2.58. The molecule has 0 spiro atoms. The minimum atomic E-state index is -0.819. The lowest BCUT2D eigenvalue weighted by Crippen LogP contribution is -2.35. The maximum Gasteiger partial charge on any atom is 0.405 e. The van der Waals surface area contributed by atoms with Crippen molar-refractivity contribution in [1.29, 1.82) is 0 Å². The zero-order chi connectivity index (χ0) is 12.6. The van der Waals surface area contributed by atoms with Crippen molar-refractivity contribution < 1.29 is 14.6 Å². The van der Waals surface area contributed by atoms with Gasteiger partial charge >= 0.3 is 6.09 Å². The zero-order valence-electron chi connectivity index (χ0n) is 9.37. The molecule has 1 saturated carbocycles. The molecule has 2 atom stereocenters. The average Bonchev–Trinajstić information content (AvgIpc) is 2.68. The van der Waals surface area contributed by atoms with Gasteiger partial charge in [0.05, 0.1) is 0 Å². The number of rotatable bonds is 5. The predicted molar refractivity (Wildman–Crippen MR) is 62.5 cm³/mol. The van der Waals surface area contributed by atoms with Crippen LogP contribution in [0.2, 0.25) is 0 Å². The van der Waals surface area contributed by atoms with Gasteiger partial charge < -0.3 is 15.6 Å². The summed E-state index contributed by atoms with van der Waals surface area (Å²) in [5, 5.41) is 9.28. The summed E-state index contributed by atoms with van der Waals surface area (Å²) >= 11 is 11.9. The van der Waals surface area contributed by atoms with Gasteiger partial charge in [-0.1, -0.05) is 0 Å². The smallest absolute Gasteiger partial charge is 0.405 e. The molecule has 1 aliphatic rings. The first-order chi connectivity index (χ1) is 7.18. The third-order valence-corrected chi connectivity index (χ3v) is 3.68. The van der Waals surface area contributed by atoms with Crippen molar-refractivity contribution in [2.24, 2.45) is 17.6 Å². The van der Waals surface area contributed by atoms with E-state index in [1.165, 1.54) is 0 Å². The van der Waals surface area contributed by atoms with E-state index in [4.69, 9.17) is 33.7 Å². The van der Waals surface area contributed by atoms with Crippen LogP contribution in [0.1, 0.15) is 26.7 Å². The molecule has 94 valence electrons. The monoisotopic (exact) mass is 269 g/mol. The SMILES string of the molecule is CC(C)(CC(CO)[C@H]1CC1(Cl)Cl)OC(N)=O. The molecule has 1 fully saturated rings. The first kappa shape index (κ1) is 13.9. The number of halogens is 2. The van der Waals surface area contributed by atoms with Crippen LogP contribution in [-0.2, 0) is 4.74 Å². The molecule has 1 aliphatic carbocycles. The summed E-state index contributed by atoms with van der Waals surface area (Å²) in [6, 6.07) is 0. The van der Waals surface area contributed by atoms with Crippen molar-refractivity contribution in [1.82, 2.24) is 0 Å². The third kappa shape index (κ3) is 3.68. The molecule has 0 aromatic rings. The molecule has 0 aliphatic heterocycles. The predicted octanol–water partition coefficient (Wildman–Crippen LogP) is 2.05. The second-order valence-corrected chi connectivity index (χ2v) is 6.44. The summed E-state index contributed by atoms with van der Waals surface area (Å²) in [4.78, 5) is 10.7.